The first kappa shape index (κ1) is 119. The summed E-state index contributed by atoms with van der Waals surface area (Å²) >= 11 is 0. The SMILES string of the molecule is [C-]#N.[Fe].[Fe].[Fe].[Ni].[SH-].[SH3+].[SH3+].[SH3+]. The Labute approximate surface area is 132 Å². The molecule has 0 saturated carbocycles. The molecule has 0 aliphatic rings. The minimum absolute atomic E-state index is 0. The van der Waals surface area contributed by atoms with Gasteiger partial charge in [0.15, 0.2) is 0 Å². The van der Waals surface area contributed by atoms with Gasteiger partial charge in [-0.3, -0.25) is 0 Å². The monoisotopic (exact) mass is 390 g/mol. The number of thiol groups is 1. The van der Waals surface area contributed by atoms with E-state index in [-0.39, 0.29) is 122 Å². The molecular weight excluding hydrogens is 381 g/mol. The fourth-order valence-corrected chi connectivity index (χ4v) is 0. The standard InChI is InChI=1S/CN.3Fe.Ni.4H2S/c1-2;;;;;;;;/h;;;;;4*1H2/q-1;;;;;;;;/p+2. The topological polar surface area (TPSA) is 23.8 Å². The predicted octanol–water partition coefficient (Wildman–Crippen LogP) is -2.60. The van der Waals surface area contributed by atoms with E-state index in [9.17, 15) is 0 Å². The van der Waals surface area contributed by atoms with Crippen LogP contribution >= 0.6 is 0 Å². The van der Waals surface area contributed by atoms with E-state index in [0.717, 1.165) is 0 Å². The van der Waals surface area contributed by atoms with Gasteiger partial charge >= 0.3 is 0 Å². The second-order valence-corrected chi connectivity index (χ2v) is 0. The van der Waals surface area contributed by atoms with Crippen molar-refractivity contribution in [1.29, 1.82) is 5.26 Å². The quantitative estimate of drug-likeness (QED) is 0.149. The molecule has 0 saturated heterocycles. The molecule has 0 aromatic carbocycles. The zero-order chi connectivity index (χ0) is 2.00. The molecule has 10 heavy (non-hydrogen) atoms. The molecule has 0 spiro atoms. The molecule has 0 aromatic rings. The van der Waals surface area contributed by atoms with Crippen LogP contribution in [0.2, 0.25) is 0 Å². The Kier molecular flexibility index (Phi) is 1960. The van der Waals surface area contributed by atoms with Gasteiger partial charge in [0, 0.05) is 67.7 Å². The van der Waals surface area contributed by atoms with Crippen LogP contribution in [0.5, 0.6) is 0 Å². The Balaban J connectivity index is -0.000000000179. The molecule has 0 aliphatic carbocycles. The van der Waals surface area contributed by atoms with Crippen molar-refractivity contribution in [2.75, 3.05) is 0 Å². The molecule has 0 unspecified atom stereocenters. The van der Waals surface area contributed by atoms with Crippen molar-refractivity contribution in [3.05, 3.63) is 6.57 Å². The van der Waals surface area contributed by atoms with E-state index < -0.39 is 0 Å². The molecule has 0 aromatic heterocycles. The van der Waals surface area contributed by atoms with E-state index in [0.29, 0.717) is 0 Å². The molecule has 0 bridgehead atoms. The second kappa shape index (κ2) is 165. The molecule has 0 aliphatic heterocycles. The Bertz CT molecular complexity index is 25.2. The third kappa shape index (κ3) is 125. The number of hydrogen-bond donors (Lipinski definition) is 0. The van der Waals surface area contributed by atoms with Gasteiger partial charge in [-0.1, -0.05) is 40.5 Å². The number of hydrogen-bond acceptors (Lipinski definition) is 2. The first-order chi connectivity index (χ1) is 1.00. The van der Waals surface area contributed by atoms with Crippen molar-refractivity contribution < 1.29 is 67.7 Å². The summed E-state index contributed by atoms with van der Waals surface area (Å²) in [5.74, 6) is 0. The normalized spacial score (nSPS) is 0.200. The van der Waals surface area contributed by atoms with Crippen molar-refractivity contribution in [2.24, 2.45) is 0 Å². The van der Waals surface area contributed by atoms with Crippen LogP contribution < -0.4 is 0 Å². The smallest absolute Gasteiger partial charge is 0 e. The summed E-state index contributed by atoms with van der Waals surface area (Å²) in [5.41, 5.74) is 0. The Hall–Kier alpha value is 2.94. The molecule has 0 rings (SSSR count). The molecule has 0 N–H and O–H groups in total. The first-order valence-electron chi connectivity index (χ1n) is 0.224. The molecular formula is CH10Fe3NNiS4+. The maximum Gasteiger partial charge on any atom is 0 e. The van der Waals surface area contributed by atoms with Crippen LogP contribution in [0.1, 0.15) is 0 Å². The Morgan fingerprint density at radius 3 is 0.700 bits per heavy atom. The van der Waals surface area contributed by atoms with Crippen LogP contribution in [0, 0.1) is 11.8 Å². The molecule has 0 radical (unpaired) electrons. The minimum atomic E-state index is 0. The zero-order valence-corrected chi connectivity index (χ0v) is 13.2. The minimum Gasteiger partial charge on any atom is -0.813 e. The first-order valence-corrected chi connectivity index (χ1v) is 0.224. The van der Waals surface area contributed by atoms with Crippen LogP contribution in [0.25, 0.3) is 0 Å². The summed E-state index contributed by atoms with van der Waals surface area (Å²) in [4.78, 5) is 0. The van der Waals surface area contributed by atoms with Crippen LogP contribution in [-0.2, 0) is 122 Å². The van der Waals surface area contributed by atoms with E-state index in [1.807, 2.05) is 0 Å². The molecule has 0 fully saturated rings. The average Bonchev–Trinajstić information content (AvgIpc) is 1.00. The molecule has 0 amide bonds. The molecule has 1 nitrogen and oxygen atoms in total. The Morgan fingerprint density at radius 2 is 0.700 bits per heavy atom. The van der Waals surface area contributed by atoms with Crippen molar-refractivity contribution in [3.8, 4) is 0 Å². The summed E-state index contributed by atoms with van der Waals surface area (Å²) in [6.45, 7) is 4.75. The van der Waals surface area contributed by atoms with Gasteiger partial charge in [0.05, 0.1) is 0 Å². The van der Waals surface area contributed by atoms with Gasteiger partial charge in [0.2, 0.25) is 0 Å². The van der Waals surface area contributed by atoms with Gasteiger partial charge in [-0.2, -0.15) is 0 Å². The maximum atomic E-state index is 6.25. The van der Waals surface area contributed by atoms with Gasteiger partial charge in [0.25, 0.3) is 0 Å². The van der Waals surface area contributed by atoms with Gasteiger partial charge in [-0.05, 0) is 0 Å². The van der Waals surface area contributed by atoms with Gasteiger partial charge in [-0.25, -0.2) is 0 Å². The number of nitrogens with zero attached hydrogens (tertiary/aromatic N) is 1. The Morgan fingerprint density at radius 1 is 0.700 bits per heavy atom. The van der Waals surface area contributed by atoms with E-state index in [2.05, 4.69) is 0 Å². The largest absolute Gasteiger partial charge is 0.813 e. The van der Waals surface area contributed by atoms with Gasteiger partial charge < -0.3 is 25.3 Å². The van der Waals surface area contributed by atoms with Crippen molar-refractivity contribution in [1.82, 2.24) is 0 Å². The van der Waals surface area contributed by atoms with Crippen LogP contribution in [0.15, 0.2) is 0 Å². The zero-order valence-electron chi connectivity index (χ0n) is 4.50. The third-order valence-corrected chi connectivity index (χ3v) is 0. The van der Waals surface area contributed by atoms with Crippen molar-refractivity contribution >= 4 is 54.0 Å². The maximum absolute atomic E-state index is 6.25. The number of rotatable bonds is 0. The van der Waals surface area contributed by atoms with Gasteiger partial charge in [-0.15, -0.1) is 0 Å². The fraction of sp³-hybridized carbons (Fsp3) is 0. The van der Waals surface area contributed by atoms with E-state index in [1.165, 1.54) is 0 Å². The van der Waals surface area contributed by atoms with Crippen molar-refractivity contribution in [3.63, 3.8) is 0 Å². The average molecular weight is 391 g/mol. The summed E-state index contributed by atoms with van der Waals surface area (Å²) < 4.78 is 0. The van der Waals surface area contributed by atoms with E-state index in [4.69, 9.17) is 11.8 Å². The van der Waals surface area contributed by atoms with Crippen LogP contribution in [0.3, 0.4) is 0 Å². The summed E-state index contributed by atoms with van der Waals surface area (Å²) in [6, 6.07) is 0. The summed E-state index contributed by atoms with van der Waals surface area (Å²) in [6.07, 6.45) is 0. The van der Waals surface area contributed by atoms with E-state index >= 15 is 0 Å². The van der Waals surface area contributed by atoms with E-state index in [1.54, 1.807) is 0 Å². The second-order valence-electron chi connectivity index (χ2n) is 0. The van der Waals surface area contributed by atoms with Crippen LogP contribution in [-0.4, -0.2) is 0 Å². The summed E-state index contributed by atoms with van der Waals surface area (Å²) in [7, 11) is 0. The van der Waals surface area contributed by atoms with Crippen molar-refractivity contribution in [2.45, 2.75) is 0 Å². The van der Waals surface area contributed by atoms with Crippen LogP contribution in [0.4, 0.5) is 0 Å². The third-order valence-electron chi connectivity index (χ3n) is 0. The molecule has 0 atom stereocenters. The fourth-order valence-electron chi connectivity index (χ4n) is 0. The molecule has 76 valence electrons. The predicted molar refractivity (Wildman–Crippen MR) is 48.4 cm³/mol. The van der Waals surface area contributed by atoms with Gasteiger partial charge in [0.1, 0.15) is 0 Å². The summed E-state index contributed by atoms with van der Waals surface area (Å²) in [5, 5.41) is 6.25. The molecule has 9 heteroatoms. The molecule has 0 heterocycles.